The maximum Gasteiger partial charge on any atom is 0.416 e. The summed E-state index contributed by atoms with van der Waals surface area (Å²) < 4.78 is 46.2. The summed E-state index contributed by atoms with van der Waals surface area (Å²) >= 11 is 0. The van der Waals surface area contributed by atoms with Crippen LogP contribution in [0.4, 0.5) is 13.2 Å². The fourth-order valence-corrected chi connectivity index (χ4v) is 4.62. The Morgan fingerprint density at radius 3 is 2.31 bits per heavy atom. The summed E-state index contributed by atoms with van der Waals surface area (Å²) in [5, 5.41) is 9.36. The van der Waals surface area contributed by atoms with Gasteiger partial charge in [0, 0.05) is 11.6 Å². The van der Waals surface area contributed by atoms with Crippen LogP contribution >= 0.6 is 0 Å². The lowest BCUT2D eigenvalue weighted by Crippen LogP contribution is -2.07. The van der Waals surface area contributed by atoms with Crippen LogP contribution in [0.1, 0.15) is 53.2 Å². The Morgan fingerprint density at radius 1 is 1.00 bits per heavy atom. The number of ether oxygens (including phenoxy) is 1. The summed E-state index contributed by atoms with van der Waals surface area (Å²) in [6.45, 7) is 0.149. The molecule has 0 radical (unpaired) electrons. The molecule has 1 fully saturated rings. The lowest BCUT2D eigenvalue weighted by Gasteiger charge is -2.17. The number of nitrogens with zero attached hydrogens (tertiary/aromatic N) is 2. The fraction of sp³-hybridized carbons (Fsp3) is 0.259. The molecular formula is C27H23F3N2O3. The van der Waals surface area contributed by atoms with Crippen LogP contribution in [0.3, 0.4) is 0 Å². The van der Waals surface area contributed by atoms with E-state index in [-0.39, 0.29) is 12.2 Å². The molecule has 8 heteroatoms. The van der Waals surface area contributed by atoms with Gasteiger partial charge in [0.2, 0.25) is 0 Å². The van der Waals surface area contributed by atoms with Crippen molar-refractivity contribution in [2.75, 3.05) is 0 Å². The highest BCUT2D eigenvalue weighted by atomic mass is 19.4. The molecule has 180 valence electrons. The van der Waals surface area contributed by atoms with E-state index in [2.05, 4.69) is 4.57 Å². The number of benzene rings is 3. The number of fused-ring (bicyclic) bond motifs is 1. The van der Waals surface area contributed by atoms with Gasteiger partial charge < -0.3 is 14.4 Å². The van der Waals surface area contributed by atoms with Gasteiger partial charge >= 0.3 is 12.1 Å². The van der Waals surface area contributed by atoms with Crippen LogP contribution in [0.5, 0.6) is 5.75 Å². The monoisotopic (exact) mass is 480 g/mol. The first kappa shape index (κ1) is 23.0. The molecule has 1 aliphatic rings. The Bertz CT molecular complexity index is 1350. The SMILES string of the molecule is O=C(O)c1ccc2c(c1)nc(-c1ccc(OCc3ccc(C(F)(F)F)cc3)cc1)n2C1CCCC1. The number of alkyl halides is 3. The van der Waals surface area contributed by atoms with Crippen LogP contribution in [-0.4, -0.2) is 20.6 Å². The molecule has 1 heterocycles. The van der Waals surface area contributed by atoms with E-state index in [1.165, 1.54) is 12.1 Å². The summed E-state index contributed by atoms with van der Waals surface area (Å²) in [7, 11) is 0. The largest absolute Gasteiger partial charge is 0.489 e. The number of carbonyl (C=O) groups is 1. The van der Waals surface area contributed by atoms with Gasteiger partial charge in [-0.25, -0.2) is 9.78 Å². The first-order valence-corrected chi connectivity index (χ1v) is 11.4. The summed E-state index contributed by atoms with van der Waals surface area (Å²) in [4.78, 5) is 16.2. The minimum Gasteiger partial charge on any atom is -0.489 e. The standard InChI is InChI=1S/C27H23F3N2O3/c28-27(29,30)20-10-5-17(6-11-20)16-35-22-12-7-18(8-13-22)25-31-23-15-19(26(33)34)9-14-24(23)32(25)21-3-1-2-4-21/h5-15,21H,1-4,16H2,(H,33,34). The van der Waals surface area contributed by atoms with Crippen LogP contribution in [0.15, 0.2) is 66.7 Å². The van der Waals surface area contributed by atoms with Crippen molar-refractivity contribution in [2.24, 2.45) is 0 Å². The zero-order valence-corrected chi connectivity index (χ0v) is 18.8. The summed E-state index contributed by atoms with van der Waals surface area (Å²) in [6, 6.07) is 17.7. The van der Waals surface area contributed by atoms with Crippen molar-refractivity contribution in [3.63, 3.8) is 0 Å². The molecule has 5 rings (SSSR count). The molecule has 4 aromatic rings. The highest BCUT2D eigenvalue weighted by molar-refractivity contribution is 5.93. The molecule has 0 amide bonds. The molecule has 0 bridgehead atoms. The van der Waals surface area contributed by atoms with Crippen LogP contribution in [0.25, 0.3) is 22.4 Å². The van der Waals surface area contributed by atoms with Gasteiger partial charge in [-0.15, -0.1) is 0 Å². The van der Waals surface area contributed by atoms with E-state index in [0.717, 1.165) is 54.7 Å². The Balaban J connectivity index is 1.39. The third kappa shape index (κ3) is 4.73. The van der Waals surface area contributed by atoms with Crippen LogP contribution in [-0.2, 0) is 12.8 Å². The van der Waals surface area contributed by atoms with E-state index in [4.69, 9.17) is 9.72 Å². The zero-order valence-electron chi connectivity index (χ0n) is 18.8. The van der Waals surface area contributed by atoms with Crippen molar-refractivity contribution in [3.8, 4) is 17.1 Å². The molecule has 1 N–H and O–H groups in total. The van der Waals surface area contributed by atoms with Gasteiger partial charge in [0.1, 0.15) is 18.2 Å². The number of halogens is 3. The van der Waals surface area contributed by atoms with Gasteiger partial charge in [0.15, 0.2) is 0 Å². The number of carboxylic acid groups (broad SMARTS) is 1. The van der Waals surface area contributed by atoms with Crippen molar-refractivity contribution in [1.82, 2.24) is 9.55 Å². The molecule has 35 heavy (non-hydrogen) atoms. The van der Waals surface area contributed by atoms with E-state index in [1.807, 2.05) is 18.2 Å². The van der Waals surface area contributed by atoms with E-state index in [1.54, 1.807) is 24.3 Å². The average Bonchev–Trinajstić information content (AvgIpc) is 3.50. The summed E-state index contributed by atoms with van der Waals surface area (Å²) in [5.74, 6) is 0.382. The number of aromatic carboxylic acids is 1. The topological polar surface area (TPSA) is 64.3 Å². The first-order valence-electron chi connectivity index (χ1n) is 11.4. The number of aromatic nitrogens is 2. The quantitative estimate of drug-likeness (QED) is 0.319. The fourth-order valence-electron chi connectivity index (χ4n) is 4.62. The third-order valence-corrected chi connectivity index (χ3v) is 6.43. The van der Waals surface area contributed by atoms with Crippen molar-refractivity contribution >= 4 is 17.0 Å². The van der Waals surface area contributed by atoms with Gasteiger partial charge in [-0.05, 0) is 73.0 Å². The normalized spacial score (nSPS) is 14.5. The van der Waals surface area contributed by atoms with Crippen LogP contribution < -0.4 is 4.74 Å². The molecule has 0 aliphatic heterocycles. The predicted octanol–water partition coefficient (Wildman–Crippen LogP) is 7.11. The van der Waals surface area contributed by atoms with Crippen molar-refractivity contribution in [3.05, 3.63) is 83.4 Å². The van der Waals surface area contributed by atoms with E-state index in [0.29, 0.717) is 22.9 Å². The van der Waals surface area contributed by atoms with Gasteiger partial charge in [0.05, 0.1) is 22.2 Å². The molecule has 0 atom stereocenters. The van der Waals surface area contributed by atoms with Gasteiger partial charge in [-0.1, -0.05) is 25.0 Å². The van der Waals surface area contributed by atoms with E-state index >= 15 is 0 Å². The second-order valence-electron chi connectivity index (χ2n) is 8.76. The van der Waals surface area contributed by atoms with Gasteiger partial charge in [-0.3, -0.25) is 0 Å². The minimum atomic E-state index is -4.36. The van der Waals surface area contributed by atoms with E-state index in [9.17, 15) is 23.1 Å². The lowest BCUT2D eigenvalue weighted by atomic mass is 10.1. The molecule has 1 aliphatic carbocycles. The van der Waals surface area contributed by atoms with Crippen molar-refractivity contribution < 1.29 is 27.8 Å². The van der Waals surface area contributed by atoms with Crippen LogP contribution in [0, 0.1) is 0 Å². The second-order valence-corrected chi connectivity index (χ2v) is 8.76. The van der Waals surface area contributed by atoms with Crippen molar-refractivity contribution in [2.45, 2.75) is 44.5 Å². The first-order chi connectivity index (χ1) is 16.8. The smallest absolute Gasteiger partial charge is 0.416 e. The highest BCUT2D eigenvalue weighted by Crippen LogP contribution is 2.37. The third-order valence-electron chi connectivity index (χ3n) is 6.43. The Hall–Kier alpha value is -3.81. The minimum absolute atomic E-state index is 0.149. The lowest BCUT2D eigenvalue weighted by molar-refractivity contribution is -0.137. The maximum absolute atomic E-state index is 12.7. The zero-order chi connectivity index (χ0) is 24.6. The molecule has 0 spiro atoms. The number of hydrogen-bond donors (Lipinski definition) is 1. The molecular weight excluding hydrogens is 457 g/mol. The molecule has 1 aromatic heterocycles. The summed E-state index contributed by atoms with van der Waals surface area (Å²) in [6.07, 6.45) is 0.0295. The van der Waals surface area contributed by atoms with Crippen LogP contribution in [0.2, 0.25) is 0 Å². The number of carboxylic acids is 1. The molecule has 0 saturated heterocycles. The molecule has 0 unspecified atom stereocenters. The number of rotatable bonds is 6. The highest BCUT2D eigenvalue weighted by Gasteiger charge is 2.30. The molecule has 5 nitrogen and oxygen atoms in total. The molecule has 3 aromatic carbocycles. The Morgan fingerprint density at radius 2 is 1.69 bits per heavy atom. The number of imidazole rings is 1. The molecule has 1 saturated carbocycles. The Kier molecular flexibility index (Phi) is 5.96. The van der Waals surface area contributed by atoms with Gasteiger partial charge in [-0.2, -0.15) is 13.2 Å². The average molecular weight is 480 g/mol. The van der Waals surface area contributed by atoms with Gasteiger partial charge in [0.25, 0.3) is 0 Å². The number of hydrogen-bond acceptors (Lipinski definition) is 3. The van der Waals surface area contributed by atoms with E-state index < -0.39 is 17.7 Å². The summed E-state index contributed by atoms with van der Waals surface area (Å²) in [5.41, 5.74) is 2.60. The maximum atomic E-state index is 12.7. The Labute approximate surface area is 199 Å². The second kappa shape index (κ2) is 9.09. The van der Waals surface area contributed by atoms with Crippen molar-refractivity contribution in [1.29, 1.82) is 0 Å². The predicted molar refractivity (Wildman–Crippen MR) is 125 cm³/mol.